The van der Waals surface area contributed by atoms with Crippen LogP contribution in [0.15, 0.2) is 15.9 Å². The van der Waals surface area contributed by atoms with Crippen molar-refractivity contribution in [3.8, 4) is 0 Å². The highest BCUT2D eigenvalue weighted by Crippen LogP contribution is 2.21. The summed E-state index contributed by atoms with van der Waals surface area (Å²) in [7, 11) is 0. The van der Waals surface area contributed by atoms with Crippen LogP contribution >= 0.6 is 27.3 Å². The molecule has 6 heteroatoms. The number of urea groups is 1. The van der Waals surface area contributed by atoms with E-state index in [4.69, 9.17) is 0 Å². The smallest absolute Gasteiger partial charge is 0.315 e. The van der Waals surface area contributed by atoms with Gasteiger partial charge in [0, 0.05) is 11.4 Å². The van der Waals surface area contributed by atoms with E-state index in [-0.39, 0.29) is 18.5 Å². The fourth-order valence-corrected chi connectivity index (χ4v) is 2.97. The molecule has 1 aromatic rings. The van der Waals surface area contributed by atoms with Gasteiger partial charge < -0.3 is 15.7 Å². The second-order valence-electron chi connectivity index (χ2n) is 4.91. The summed E-state index contributed by atoms with van der Waals surface area (Å²) in [5.74, 6) is 0.140. The Kier molecular flexibility index (Phi) is 6.29. The Morgan fingerprint density at radius 2 is 2.21 bits per heavy atom. The highest BCUT2D eigenvalue weighted by Gasteiger charge is 2.27. The third-order valence-electron chi connectivity index (χ3n) is 3.33. The number of nitrogens with one attached hydrogen (secondary N) is 2. The predicted molar refractivity (Wildman–Crippen MR) is 82.3 cm³/mol. The minimum absolute atomic E-state index is 0.140. The van der Waals surface area contributed by atoms with Crippen molar-refractivity contribution in [2.45, 2.75) is 39.3 Å². The first-order valence-corrected chi connectivity index (χ1v) is 7.94. The lowest BCUT2D eigenvalue weighted by Crippen LogP contribution is -2.47. The number of hydrogen-bond donors (Lipinski definition) is 3. The summed E-state index contributed by atoms with van der Waals surface area (Å²) in [5.41, 5.74) is -0.877. The number of aliphatic hydroxyl groups is 1. The molecule has 0 bridgehead atoms. The third-order valence-corrected chi connectivity index (χ3v) is 4.96. The summed E-state index contributed by atoms with van der Waals surface area (Å²) >= 11 is 4.96. The van der Waals surface area contributed by atoms with Crippen molar-refractivity contribution in [1.82, 2.24) is 10.6 Å². The summed E-state index contributed by atoms with van der Waals surface area (Å²) in [5, 5.41) is 15.7. The molecule has 0 saturated carbocycles. The number of rotatable bonds is 6. The normalized spacial score (nSPS) is 15.6. The van der Waals surface area contributed by atoms with Gasteiger partial charge in [-0.2, -0.15) is 0 Å². The molecule has 0 fully saturated rings. The molecule has 1 rings (SSSR count). The van der Waals surface area contributed by atoms with Gasteiger partial charge in [0.1, 0.15) is 0 Å². The molecule has 19 heavy (non-hydrogen) atoms. The van der Waals surface area contributed by atoms with Crippen LogP contribution in [-0.2, 0) is 6.54 Å². The Morgan fingerprint density at radius 1 is 1.53 bits per heavy atom. The number of carbonyl (C=O) groups excluding carboxylic acids is 1. The van der Waals surface area contributed by atoms with Crippen LogP contribution in [0, 0.1) is 5.92 Å². The van der Waals surface area contributed by atoms with Crippen LogP contribution in [0.1, 0.15) is 32.1 Å². The molecule has 2 unspecified atom stereocenters. The first-order valence-electron chi connectivity index (χ1n) is 6.33. The molecule has 0 saturated heterocycles. The number of hydrogen-bond acceptors (Lipinski definition) is 3. The highest BCUT2D eigenvalue weighted by atomic mass is 79.9. The number of halogens is 1. The van der Waals surface area contributed by atoms with Crippen LogP contribution in [0.2, 0.25) is 0 Å². The van der Waals surface area contributed by atoms with Crippen molar-refractivity contribution < 1.29 is 9.90 Å². The zero-order valence-electron chi connectivity index (χ0n) is 11.5. The molecular weight excluding hydrogens is 328 g/mol. The minimum Gasteiger partial charge on any atom is -0.388 e. The Balaban J connectivity index is 2.32. The van der Waals surface area contributed by atoms with E-state index in [9.17, 15) is 9.90 Å². The van der Waals surface area contributed by atoms with E-state index in [2.05, 4.69) is 26.6 Å². The molecule has 0 radical (unpaired) electrons. The van der Waals surface area contributed by atoms with Crippen LogP contribution in [0.25, 0.3) is 0 Å². The molecule has 3 N–H and O–H groups in total. The van der Waals surface area contributed by atoms with Crippen molar-refractivity contribution in [3.05, 3.63) is 20.8 Å². The maximum atomic E-state index is 11.6. The van der Waals surface area contributed by atoms with Crippen LogP contribution in [0.3, 0.4) is 0 Å². The quantitative estimate of drug-likeness (QED) is 0.739. The van der Waals surface area contributed by atoms with E-state index in [1.807, 2.05) is 26.0 Å². The summed E-state index contributed by atoms with van der Waals surface area (Å²) in [6, 6.07) is 3.66. The molecule has 108 valence electrons. The van der Waals surface area contributed by atoms with E-state index >= 15 is 0 Å². The van der Waals surface area contributed by atoms with E-state index in [1.165, 1.54) is 0 Å². The van der Waals surface area contributed by atoms with Crippen LogP contribution in [0.4, 0.5) is 4.79 Å². The summed E-state index contributed by atoms with van der Waals surface area (Å²) in [6.45, 7) is 6.49. The Morgan fingerprint density at radius 3 is 2.74 bits per heavy atom. The lowest BCUT2D eigenvalue weighted by atomic mass is 9.89. The van der Waals surface area contributed by atoms with Crippen molar-refractivity contribution in [1.29, 1.82) is 0 Å². The largest absolute Gasteiger partial charge is 0.388 e. The van der Waals surface area contributed by atoms with Gasteiger partial charge in [-0.05, 0) is 40.9 Å². The molecule has 4 nitrogen and oxygen atoms in total. The van der Waals surface area contributed by atoms with Gasteiger partial charge in [0.05, 0.1) is 15.9 Å². The third kappa shape index (κ3) is 5.50. The standard InChI is InChI=1S/C13H21BrN2O2S/c1-4-9(2)13(3,18)8-16-12(17)15-7-10-5-6-11(14)19-10/h5-6,9,18H,4,7-8H2,1-3H3,(H2,15,16,17). The Bertz CT molecular complexity index is 421. The highest BCUT2D eigenvalue weighted by molar-refractivity contribution is 9.11. The molecule has 0 spiro atoms. The minimum atomic E-state index is -0.877. The van der Waals surface area contributed by atoms with Crippen molar-refractivity contribution in [2.24, 2.45) is 5.92 Å². The van der Waals surface area contributed by atoms with Gasteiger partial charge in [0.25, 0.3) is 0 Å². The zero-order valence-corrected chi connectivity index (χ0v) is 13.9. The molecule has 2 atom stereocenters. The topological polar surface area (TPSA) is 61.4 Å². The maximum absolute atomic E-state index is 11.6. The fraction of sp³-hybridized carbons (Fsp3) is 0.615. The molecule has 1 aromatic heterocycles. The van der Waals surface area contributed by atoms with Crippen LogP contribution in [-0.4, -0.2) is 23.3 Å². The first kappa shape index (κ1) is 16.5. The van der Waals surface area contributed by atoms with E-state index in [0.717, 1.165) is 15.1 Å². The van der Waals surface area contributed by atoms with Gasteiger partial charge in [-0.3, -0.25) is 0 Å². The molecule has 0 aliphatic carbocycles. The summed E-state index contributed by atoms with van der Waals surface area (Å²) in [6.07, 6.45) is 0.875. The number of carbonyl (C=O) groups is 1. The lowest BCUT2D eigenvalue weighted by Gasteiger charge is -2.29. The van der Waals surface area contributed by atoms with Crippen molar-refractivity contribution >= 4 is 33.3 Å². The van der Waals surface area contributed by atoms with Crippen molar-refractivity contribution in [3.63, 3.8) is 0 Å². The fourth-order valence-electron chi connectivity index (χ4n) is 1.55. The van der Waals surface area contributed by atoms with Crippen LogP contribution in [0.5, 0.6) is 0 Å². The number of thiophene rings is 1. The molecule has 0 aliphatic heterocycles. The van der Waals surface area contributed by atoms with Crippen molar-refractivity contribution in [2.75, 3.05) is 6.54 Å². The predicted octanol–water partition coefficient (Wildman–Crippen LogP) is 3.11. The molecule has 0 aliphatic rings. The lowest BCUT2D eigenvalue weighted by molar-refractivity contribution is 0.00790. The average molecular weight is 349 g/mol. The van der Waals surface area contributed by atoms with Gasteiger partial charge in [-0.1, -0.05) is 20.3 Å². The summed E-state index contributed by atoms with van der Waals surface area (Å²) < 4.78 is 1.05. The average Bonchev–Trinajstić information content (AvgIpc) is 2.78. The van der Waals surface area contributed by atoms with E-state index < -0.39 is 5.60 Å². The monoisotopic (exact) mass is 348 g/mol. The van der Waals surface area contributed by atoms with E-state index in [0.29, 0.717) is 6.54 Å². The Hall–Kier alpha value is -0.590. The SMILES string of the molecule is CCC(C)C(C)(O)CNC(=O)NCc1ccc(Br)s1. The van der Waals surface area contributed by atoms with Crippen LogP contribution < -0.4 is 10.6 Å². The van der Waals surface area contributed by atoms with Gasteiger partial charge in [0.2, 0.25) is 0 Å². The zero-order chi connectivity index (χ0) is 14.5. The second-order valence-corrected chi connectivity index (χ2v) is 7.46. The molecule has 2 amide bonds. The van der Waals surface area contributed by atoms with E-state index in [1.54, 1.807) is 18.3 Å². The first-order chi connectivity index (χ1) is 8.85. The Labute approximate surface area is 126 Å². The van der Waals surface area contributed by atoms with Gasteiger partial charge in [0.15, 0.2) is 0 Å². The number of amides is 2. The van der Waals surface area contributed by atoms with Gasteiger partial charge >= 0.3 is 6.03 Å². The van der Waals surface area contributed by atoms with Gasteiger partial charge in [-0.15, -0.1) is 11.3 Å². The molecule has 1 heterocycles. The maximum Gasteiger partial charge on any atom is 0.315 e. The summed E-state index contributed by atoms with van der Waals surface area (Å²) in [4.78, 5) is 12.7. The second kappa shape index (κ2) is 7.26. The molecule has 0 aromatic carbocycles. The molecular formula is C13H21BrN2O2S. The van der Waals surface area contributed by atoms with Gasteiger partial charge in [-0.25, -0.2) is 4.79 Å².